The van der Waals surface area contributed by atoms with E-state index in [-0.39, 0.29) is 11.5 Å². The second-order valence-electron chi connectivity index (χ2n) is 6.54. The fraction of sp³-hybridized carbons (Fsp3) is 0.611. The van der Waals surface area contributed by atoms with E-state index in [4.69, 9.17) is 4.74 Å². The molecule has 1 aliphatic rings. The van der Waals surface area contributed by atoms with Crippen LogP contribution < -0.4 is 16.0 Å². The normalized spacial score (nSPS) is 20.4. The van der Waals surface area contributed by atoms with Crippen LogP contribution in [-0.4, -0.2) is 48.7 Å². The summed E-state index contributed by atoms with van der Waals surface area (Å²) in [5.74, 6) is 1.20. The van der Waals surface area contributed by atoms with Crippen molar-refractivity contribution in [3.05, 3.63) is 23.9 Å². The highest BCUT2D eigenvalue weighted by molar-refractivity contribution is 5.90. The molecule has 1 saturated heterocycles. The molecule has 1 amide bonds. The minimum Gasteiger partial charge on any atom is -0.373 e. The molecule has 1 fully saturated rings. The van der Waals surface area contributed by atoms with Gasteiger partial charge in [-0.3, -0.25) is 9.79 Å². The van der Waals surface area contributed by atoms with Gasteiger partial charge in [0.2, 0.25) is 5.91 Å². The van der Waals surface area contributed by atoms with Crippen LogP contribution in [0, 0.1) is 6.92 Å². The van der Waals surface area contributed by atoms with Crippen molar-refractivity contribution in [3.8, 4) is 0 Å². The number of carbonyl (C=O) groups excluding carboxylic acids is 1. The van der Waals surface area contributed by atoms with Gasteiger partial charge < -0.3 is 20.7 Å². The number of ether oxygens (including phenoxy) is 1. The van der Waals surface area contributed by atoms with Crippen molar-refractivity contribution in [2.75, 3.05) is 31.6 Å². The third kappa shape index (κ3) is 6.70. The van der Waals surface area contributed by atoms with Gasteiger partial charge in [0.1, 0.15) is 5.82 Å². The van der Waals surface area contributed by atoms with Gasteiger partial charge in [-0.15, -0.1) is 0 Å². The molecule has 0 bridgehead atoms. The van der Waals surface area contributed by atoms with Gasteiger partial charge in [0, 0.05) is 32.3 Å². The zero-order valence-corrected chi connectivity index (χ0v) is 15.4. The minimum absolute atomic E-state index is 0.0780. The number of aliphatic imine (C=N–C) groups is 1. The summed E-state index contributed by atoms with van der Waals surface area (Å²) >= 11 is 0. The molecular weight excluding hydrogens is 318 g/mol. The monoisotopic (exact) mass is 347 g/mol. The van der Waals surface area contributed by atoms with E-state index in [1.165, 1.54) is 0 Å². The summed E-state index contributed by atoms with van der Waals surface area (Å²) in [5.41, 5.74) is 0.891. The zero-order valence-electron chi connectivity index (χ0n) is 15.4. The number of hydrogen-bond donors (Lipinski definition) is 3. The highest BCUT2D eigenvalue weighted by atomic mass is 16.5. The number of pyridine rings is 1. The summed E-state index contributed by atoms with van der Waals surface area (Å²) < 4.78 is 5.75. The van der Waals surface area contributed by atoms with Gasteiger partial charge in [-0.05, 0) is 45.2 Å². The summed E-state index contributed by atoms with van der Waals surface area (Å²) in [7, 11) is 0. The number of rotatable bonds is 7. The van der Waals surface area contributed by atoms with Crippen molar-refractivity contribution in [1.29, 1.82) is 0 Å². The number of guanidine groups is 1. The van der Waals surface area contributed by atoms with Crippen molar-refractivity contribution >= 4 is 17.7 Å². The molecule has 3 N–H and O–H groups in total. The summed E-state index contributed by atoms with van der Waals surface area (Å²) in [6.45, 7) is 8.76. The van der Waals surface area contributed by atoms with Gasteiger partial charge >= 0.3 is 0 Å². The number of aromatic nitrogens is 1. The fourth-order valence-electron chi connectivity index (χ4n) is 2.59. The second-order valence-corrected chi connectivity index (χ2v) is 6.54. The molecular formula is C18H29N5O2. The number of aryl methyl sites for hydroxylation is 1. The Labute approximate surface area is 149 Å². The van der Waals surface area contributed by atoms with E-state index < -0.39 is 0 Å². The number of nitrogens with one attached hydrogen (secondary N) is 3. The average Bonchev–Trinajstić information content (AvgIpc) is 3.02. The molecule has 138 valence electrons. The molecule has 1 aromatic rings. The third-order valence-electron chi connectivity index (χ3n) is 4.04. The number of anilines is 1. The van der Waals surface area contributed by atoms with Crippen LogP contribution in [-0.2, 0) is 9.53 Å². The maximum atomic E-state index is 12.0. The summed E-state index contributed by atoms with van der Waals surface area (Å²) in [5, 5.41) is 9.17. The first-order valence-corrected chi connectivity index (χ1v) is 8.89. The topological polar surface area (TPSA) is 87.6 Å². The Morgan fingerprint density at radius 3 is 2.88 bits per heavy atom. The number of carbonyl (C=O) groups is 1. The lowest BCUT2D eigenvalue weighted by molar-refractivity contribution is -0.116. The predicted octanol–water partition coefficient (Wildman–Crippen LogP) is 1.84. The van der Waals surface area contributed by atoms with Crippen molar-refractivity contribution in [1.82, 2.24) is 15.6 Å². The van der Waals surface area contributed by atoms with E-state index in [1.807, 2.05) is 19.9 Å². The molecule has 0 aromatic carbocycles. The van der Waals surface area contributed by atoms with Gasteiger partial charge in [0.05, 0.1) is 12.1 Å². The summed E-state index contributed by atoms with van der Waals surface area (Å²) in [6.07, 6.45) is 4.19. The quantitative estimate of drug-likeness (QED) is 0.517. The van der Waals surface area contributed by atoms with Crippen LogP contribution in [0.25, 0.3) is 0 Å². The minimum atomic E-state index is -0.170. The molecule has 1 unspecified atom stereocenters. The van der Waals surface area contributed by atoms with Crippen molar-refractivity contribution in [2.24, 2.45) is 4.99 Å². The molecule has 2 rings (SSSR count). The maximum absolute atomic E-state index is 12.0. The third-order valence-corrected chi connectivity index (χ3v) is 4.04. The molecule has 2 heterocycles. The van der Waals surface area contributed by atoms with Crippen LogP contribution in [0.5, 0.6) is 0 Å². The van der Waals surface area contributed by atoms with Crippen LogP contribution in [0.3, 0.4) is 0 Å². The van der Waals surface area contributed by atoms with Crippen molar-refractivity contribution in [3.63, 3.8) is 0 Å². The van der Waals surface area contributed by atoms with Crippen molar-refractivity contribution in [2.45, 2.75) is 45.6 Å². The molecule has 1 aromatic heterocycles. The highest BCUT2D eigenvalue weighted by Crippen LogP contribution is 2.24. The Morgan fingerprint density at radius 2 is 2.24 bits per heavy atom. The number of hydrogen-bond acceptors (Lipinski definition) is 4. The summed E-state index contributed by atoms with van der Waals surface area (Å²) in [6, 6.07) is 3.72. The molecule has 1 atom stereocenters. The fourth-order valence-corrected chi connectivity index (χ4v) is 2.59. The Hall–Kier alpha value is -2.15. The van der Waals surface area contributed by atoms with Gasteiger partial charge in [-0.1, -0.05) is 6.07 Å². The summed E-state index contributed by atoms with van der Waals surface area (Å²) in [4.78, 5) is 20.7. The standard InChI is InChI=1S/C18H29N5O2/c1-4-19-17(22-13-18(3)9-5-11-25-18)20-10-8-16(24)23-15-7-6-14(2)12-21-15/h6-7,12H,4-5,8-11,13H2,1-3H3,(H2,19,20,22)(H,21,23,24). The van der Waals surface area contributed by atoms with Gasteiger partial charge in [0.25, 0.3) is 0 Å². The lowest BCUT2D eigenvalue weighted by Crippen LogP contribution is -2.40. The first kappa shape index (κ1) is 19.2. The Bertz CT molecular complexity index is 580. The molecule has 7 heteroatoms. The Kier molecular flexibility index (Phi) is 7.18. The highest BCUT2D eigenvalue weighted by Gasteiger charge is 2.29. The largest absolute Gasteiger partial charge is 0.373 e. The van der Waals surface area contributed by atoms with E-state index in [0.717, 1.165) is 31.6 Å². The average molecular weight is 347 g/mol. The van der Waals surface area contributed by atoms with Crippen LogP contribution in [0.1, 0.15) is 38.7 Å². The van der Waals surface area contributed by atoms with Crippen molar-refractivity contribution < 1.29 is 9.53 Å². The van der Waals surface area contributed by atoms with Gasteiger partial charge in [-0.25, -0.2) is 4.98 Å². The van der Waals surface area contributed by atoms with Crippen LogP contribution in [0.15, 0.2) is 23.3 Å². The molecule has 0 radical (unpaired) electrons. The molecule has 0 spiro atoms. The first-order chi connectivity index (χ1) is 12.0. The molecule has 1 aliphatic heterocycles. The maximum Gasteiger partial charge on any atom is 0.227 e. The van der Waals surface area contributed by atoms with E-state index in [0.29, 0.717) is 31.3 Å². The molecule has 7 nitrogen and oxygen atoms in total. The van der Waals surface area contributed by atoms with Gasteiger partial charge in [-0.2, -0.15) is 0 Å². The van der Waals surface area contributed by atoms with Gasteiger partial charge in [0.15, 0.2) is 5.96 Å². The van der Waals surface area contributed by atoms with E-state index in [9.17, 15) is 4.79 Å². The van der Waals surface area contributed by atoms with E-state index in [2.05, 4.69) is 32.9 Å². The second kappa shape index (κ2) is 9.36. The van der Waals surface area contributed by atoms with Crippen LogP contribution in [0.2, 0.25) is 0 Å². The van der Waals surface area contributed by atoms with Crippen LogP contribution in [0.4, 0.5) is 5.82 Å². The Balaban J connectivity index is 1.76. The number of amides is 1. The molecule has 0 saturated carbocycles. The lowest BCUT2D eigenvalue weighted by atomic mass is 10.0. The number of nitrogens with zero attached hydrogens (tertiary/aromatic N) is 2. The zero-order chi connectivity index (χ0) is 18.1. The predicted molar refractivity (Wildman–Crippen MR) is 99.8 cm³/mol. The van der Waals surface area contributed by atoms with E-state index >= 15 is 0 Å². The first-order valence-electron chi connectivity index (χ1n) is 8.89. The van der Waals surface area contributed by atoms with Crippen LogP contribution >= 0.6 is 0 Å². The lowest BCUT2D eigenvalue weighted by Gasteiger charge is -2.21. The molecule has 25 heavy (non-hydrogen) atoms. The SMILES string of the molecule is CCNC(=NCC1(C)CCCO1)NCCC(=O)Nc1ccc(C)cn1. The smallest absolute Gasteiger partial charge is 0.227 e. The van der Waals surface area contributed by atoms with E-state index in [1.54, 1.807) is 12.3 Å². The molecule has 0 aliphatic carbocycles. The Morgan fingerprint density at radius 1 is 1.40 bits per heavy atom.